The average Bonchev–Trinajstić information content (AvgIpc) is 2.46. The highest BCUT2D eigenvalue weighted by atomic mass is 16.3. The Morgan fingerprint density at radius 3 is 2.84 bits per heavy atom. The van der Waals surface area contributed by atoms with Gasteiger partial charge < -0.3 is 15.3 Å². The van der Waals surface area contributed by atoms with Crippen LogP contribution in [0.25, 0.3) is 0 Å². The largest absolute Gasteiger partial charge is 0.394 e. The van der Waals surface area contributed by atoms with Crippen molar-refractivity contribution in [3.8, 4) is 0 Å². The van der Waals surface area contributed by atoms with Gasteiger partial charge in [-0.05, 0) is 44.4 Å². The van der Waals surface area contributed by atoms with Gasteiger partial charge in [-0.25, -0.2) is 0 Å². The molecule has 1 saturated heterocycles. The molecule has 1 aliphatic rings. The summed E-state index contributed by atoms with van der Waals surface area (Å²) in [5.74, 6) is 0. The molecule has 1 aromatic carbocycles. The van der Waals surface area contributed by atoms with E-state index in [1.807, 2.05) is 7.05 Å². The Hall–Kier alpha value is -1.06. The number of rotatable bonds is 4. The molecule has 0 spiro atoms. The molecule has 1 atom stereocenters. The molecule has 1 aromatic rings. The number of hydrogen-bond donors (Lipinski definition) is 2. The van der Waals surface area contributed by atoms with Crippen molar-refractivity contribution in [2.24, 2.45) is 0 Å². The van der Waals surface area contributed by atoms with Gasteiger partial charge in [0.15, 0.2) is 0 Å². The fourth-order valence-electron chi connectivity index (χ4n) is 3.19. The van der Waals surface area contributed by atoms with Crippen molar-refractivity contribution in [3.05, 3.63) is 29.3 Å². The lowest BCUT2D eigenvalue weighted by molar-refractivity contribution is 0.149. The summed E-state index contributed by atoms with van der Waals surface area (Å²) < 4.78 is 0. The topological polar surface area (TPSA) is 35.5 Å². The van der Waals surface area contributed by atoms with Crippen LogP contribution in [0.5, 0.6) is 0 Å². The van der Waals surface area contributed by atoms with Crippen LogP contribution in [0.1, 0.15) is 30.9 Å². The molecular weight excluding hydrogens is 236 g/mol. The maximum atomic E-state index is 9.71. The number of nitrogens with zero attached hydrogens (tertiary/aromatic N) is 1. The smallest absolute Gasteiger partial charge is 0.0630 e. The van der Waals surface area contributed by atoms with Crippen LogP contribution in [0.4, 0.5) is 5.69 Å². The van der Waals surface area contributed by atoms with Gasteiger partial charge in [0.05, 0.1) is 12.1 Å². The highest BCUT2D eigenvalue weighted by molar-refractivity contribution is 5.60. The Labute approximate surface area is 116 Å². The van der Waals surface area contributed by atoms with Crippen molar-refractivity contribution in [1.82, 2.24) is 5.32 Å². The van der Waals surface area contributed by atoms with Gasteiger partial charge in [-0.2, -0.15) is 0 Å². The molecule has 1 unspecified atom stereocenters. The molecule has 0 radical (unpaired) electrons. The van der Waals surface area contributed by atoms with E-state index in [0.29, 0.717) is 0 Å². The first-order chi connectivity index (χ1) is 9.15. The summed E-state index contributed by atoms with van der Waals surface area (Å²) in [6.45, 7) is 6.56. The SMILES string of the molecule is CCc1cccc(C)c1N1CCCC(CO)(NC)C1. The molecule has 2 rings (SSSR count). The van der Waals surface area contributed by atoms with E-state index in [9.17, 15) is 5.11 Å². The minimum absolute atomic E-state index is 0.147. The van der Waals surface area contributed by atoms with Gasteiger partial charge in [0.1, 0.15) is 0 Å². The highest BCUT2D eigenvalue weighted by Gasteiger charge is 2.34. The molecule has 0 aromatic heterocycles. The van der Waals surface area contributed by atoms with Crippen LogP contribution in [0.15, 0.2) is 18.2 Å². The second-order valence-corrected chi connectivity index (χ2v) is 5.65. The monoisotopic (exact) mass is 262 g/mol. The predicted molar refractivity (Wildman–Crippen MR) is 80.9 cm³/mol. The maximum Gasteiger partial charge on any atom is 0.0630 e. The number of nitrogens with one attached hydrogen (secondary N) is 1. The molecule has 3 heteroatoms. The van der Waals surface area contributed by atoms with Gasteiger partial charge in [-0.15, -0.1) is 0 Å². The van der Waals surface area contributed by atoms with Crippen LogP contribution in [-0.4, -0.2) is 37.4 Å². The van der Waals surface area contributed by atoms with Crippen molar-refractivity contribution >= 4 is 5.69 Å². The van der Waals surface area contributed by atoms with Crippen LogP contribution in [0.2, 0.25) is 0 Å². The maximum absolute atomic E-state index is 9.71. The molecule has 1 aliphatic heterocycles. The fraction of sp³-hybridized carbons (Fsp3) is 0.625. The van der Waals surface area contributed by atoms with Crippen LogP contribution in [-0.2, 0) is 6.42 Å². The van der Waals surface area contributed by atoms with Crippen molar-refractivity contribution in [3.63, 3.8) is 0 Å². The minimum atomic E-state index is -0.147. The number of hydrogen-bond acceptors (Lipinski definition) is 3. The van der Waals surface area contributed by atoms with E-state index in [0.717, 1.165) is 32.4 Å². The summed E-state index contributed by atoms with van der Waals surface area (Å²) in [4.78, 5) is 2.45. The Balaban J connectivity index is 2.31. The van der Waals surface area contributed by atoms with Gasteiger partial charge in [0, 0.05) is 18.8 Å². The summed E-state index contributed by atoms with van der Waals surface area (Å²) in [6, 6.07) is 6.54. The number of para-hydroxylation sites is 1. The van der Waals surface area contributed by atoms with Crippen molar-refractivity contribution < 1.29 is 5.11 Å². The lowest BCUT2D eigenvalue weighted by Crippen LogP contribution is -2.58. The molecule has 0 amide bonds. The molecule has 1 heterocycles. The number of likely N-dealkylation sites (N-methyl/N-ethyl adjacent to an activating group) is 1. The van der Waals surface area contributed by atoms with Crippen LogP contribution < -0.4 is 10.2 Å². The Bertz CT molecular complexity index is 427. The van der Waals surface area contributed by atoms with E-state index < -0.39 is 0 Å². The predicted octanol–water partition coefficient (Wildman–Crippen LogP) is 2.11. The lowest BCUT2D eigenvalue weighted by atomic mass is 9.88. The van der Waals surface area contributed by atoms with Gasteiger partial charge in [-0.1, -0.05) is 25.1 Å². The molecule has 3 nitrogen and oxygen atoms in total. The zero-order chi connectivity index (χ0) is 13.9. The molecule has 0 aliphatic carbocycles. The third-order valence-electron chi connectivity index (χ3n) is 4.43. The highest BCUT2D eigenvalue weighted by Crippen LogP contribution is 2.31. The van der Waals surface area contributed by atoms with Gasteiger partial charge >= 0.3 is 0 Å². The molecule has 0 bridgehead atoms. The number of benzene rings is 1. The van der Waals surface area contributed by atoms with Gasteiger partial charge in [0.25, 0.3) is 0 Å². The minimum Gasteiger partial charge on any atom is -0.394 e. The summed E-state index contributed by atoms with van der Waals surface area (Å²) >= 11 is 0. The first kappa shape index (κ1) is 14.4. The van der Waals surface area contributed by atoms with E-state index in [4.69, 9.17) is 0 Å². The quantitative estimate of drug-likeness (QED) is 0.872. The fourth-order valence-corrected chi connectivity index (χ4v) is 3.19. The summed E-state index contributed by atoms with van der Waals surface area (Å²) in [7, 11) is 1.96. The van der Waals surface area contributed by atoms with E-state index in [-0.39, 0.29) is 12.1 Å². The Kier molecular flexibility index (Phi) is 4.48. The molecule has 1 fully saturated rings. The second kappa shape index (κ2) is 5.93. The van der Waals surface area contributed by atoms with E-state index in [2.05, 4.69) is 42.3 Å². The number of anilines is 1. The van der Waals surface area contributed by atoms with E-state index >= 15 is 0 Å². The Morgan fingerprint density at radius 2 is 2.21 bits per heavy atom. The molecule has 106 valence electrons. The summed E-state index contributed by atoms with van der Waals surface area (Å²) in [6.07, 6.45) is 3.22. The third-order valence-corrected chi connectivity index (χ3v) is 4.43. The standard InChI is InChI=1S/C16H26N2O/c1-4-14-8-5-7-13(2)15(14)18-10-6-9-16(11-18,12-19)17-3/h5,7-8,17,19H,4,6,9-12H2,1-3H3. The summed E-state index contributed by atoms with van der Waals surface area (Å²) in [5.41, 5.74) is 3.97. The molecular formula is C16H26N2O. The summed E-state index contributed by atoms with van der Waals surface area (Å²) in [5, 5.41) is 13.0. The molecule has 0 saturated carbocycles. The van der Waals surface area contributed by atoms with E-state index in [1.165, 1.54) is 16.8 Å². The zero-order valence-electron chi connectivity index (χ0n) is 12.4. The van der Waals surface area contributed by atoms with Crippen molar-refractivity contribution in [1.29, 1.82) is 0 Å². The molecule has 2 N–H and O–H groups in total. The zero-order valence-corrected chi connectivity index (χ0v) is 12.4. The number of aliphatic hydroxyl groups excluding tert-OH is 1. The van der Waals surface area contributed by atoms with Crippen molar-refractivity contribution in [2.45, 2.75) is 38.6 Å². The normalized spacial score (nSPS) is 23.7. The van der Waals surface area contributed by atoms with Crippen LogP contribution in [0.3, 0.4) is 0 Å². The first-order valence-electron chi connectivity index (χ1n) is 7.29. The number of aliphatic hydroxyl groups is 1. The average molecular weight is 262 g/mol. The first-order valence-corrected chi connectivity index (χ1v) is 7.29. The number of piperidine rings is 1. The lowest BCUT2D eigenvalue weighted by Gasteiger charge is -2.43. The van der Waals surface area contributed by atoms with Crippen molar-refractivity contribution in [2.75, 3.05) is 31.6 Å². The van der Waals surface area contributed by atoms with Gasteiger partial charge in [0.2, 0.25) is 0 Å². The second-order valence-electron chi connectivity index (χ2n) is 5.65. The van der Waals surface area contributed by atoms with E-state index in [1.54, 1.807) is 0 Å². The van der Waals surface area contributed by atoms with Crippen LogP contribution in [0, 0.1) is 6.92 Å². The van der Waals surface area contributed by atoms with Gasteiger partial charge in [-0.3, -0.25) is 0 Å². The number of aryl methyl sites for hydroxylation is 2. The van der Waals surface area contributed by atoms with Crippen LogP contribution >= 0.6 is 0 Å². The Morgan fingerprint density at radius 1 is 1.42 bits per heavy atom. The molecule has 19 heavy (non-hydrogen) atoms. The third kappa shape index (κ3) is 2.77.